The van der Waals surface area contributed by atoms with Crippen molar-refractivity contribution in [2.45, 2.75) is 12.5 Å². The highest BCUT2D eigenvalue weighted by Crippen LogP contribution is 2.29. The SMILES string of the molecule is O=C(Nc1c(Cl)cccc1Cl)OC(Cc1ncccn1)C(=O)O. The summed E-state index contributed by atoms with van der Waals surface area (Å²) < 4.78 is 4.88. The van der Waals surface area contributed by atoms with Crippen LogP contribution in [0, 0.1) is 0 Å². The molecule has 0 radical (unpaired) electrons. The summed E-state index contributed by atoms with van der Waals surface area (Å²) in [4.78, 5) is 30.9. The van der Waals surface area contributed by atoms with E-state index in [1.807, 2.05) is 0 Å². The molecule has 2 N–H and O–H groups in total. The van der Waals surface area contributed by atoms with Crippen LogP contribution in [0.2, 0.25) is 10.0 Å². The number of carboxylic acids is 1. The molecule has 1 amide bonds. The third kappa shape index (κ3) is 4.80. The summed E-state index contributed by atoms with van der Waals surface area (Å²) in [6.07, 6.45) is 0.317. The normalized spacial score (nSPS) is 11.6. The third-order valence-corrected chi connectivity index (χ3v) is 3.33. The Morgan fingerprint density at radius 2 is 1.78 bits per heavy atom. The van der Waals surface area contributed by atoms with Gasteiger partial charge in [-0.15, -0.1) is 0 Å². The van der Waals surface area contributed by atoms with Crippen LogP contribution in [0.3, 0.4) is 0 Å². The van der Waals surface area contributed by atoms with Crippen LogP contribution in [0.15, 0.2) is 36.7 Å². The average molecular weight is 356 g/mol. The molecule has 1 aromatic carbocycles. The quantitative estimate of drug-likeness (QED) is 0.854. The zero-order valence-corrected chi connectivity index (χ0v) is 13.1. The second kappa shape index (κ2) is 7.75. The molecule has 2 rings (SSSR count). The second-order valence-corrected chi connectivity index (χ2v) is 5.14. The monoisotopic (exact) mass is 355 g/mol. The van der Waals surface area contributed by atoms with Crippen LogP contribution in [0.5, 0.6) is 0 Å². The maximum atomic E-state index is 11.9. The highest BCUT2D eigenvalue weighted by molar-refractivity contribution is 6.39. The number of ether oxygens (including phenoxy) is 1. The number of carboxylic acid groups (broad SMARTS) is 1. The fourth-order valence-corrected chi connectivity index (χ4v) is 2.15. The lowest BCUT2D eigenvalue weighted by atomic mass is 10.2. The average Bonchev–Trinajstić information content (AvgIpc) is 2.51. The predicted octanol–water partition coefficient (Wildman–Crippen LogP) is 3.03. The first-order chi connectivity index (χ1) is 11.0. The van der Waals surface area contributed by atoms with Crippen molar-refractivity contribution in [3.63, 3.8) is 0 Å². The Balaban J connectivity index is 2.05. The molecule has 0 saturated heterocycles. The first-order valence-corrected chi connectivity index (χ1v) is 7.13. The van der Waals surface area contributed by atoms with Crippen LogP contribution < -0.4 is 5.32 Å². The van der Waals surface area contributed by atoms with E-state index in [1.54, 1.807) is 12.1 Å². The minimum atomic E-state index is -1.45. The molecule has 1 unspecified atom stereocenters. The minimum Gasteiger partial charge on any atom is -0.478 e. The van der Waals surface area contributed by atoms with Gasteiger partial charge in [-0.25, -0.2) is 19.6 Å². The van der Waals surface area contributed by atoms with Gasteiger partial charge >= 0.3 is 12.1 Å². The van der Waals surface area contributed by atoms with Crippen molar-refractivity contribution < 1.29 is 19.4 Å². The van der Waals surface area contributed by atoms with Crippen molar-refractivity contribution >= 4 is 41.0 Å². The van der Waals surface area contributed by atoms with Gasteiger partial charge in [0.15, 0.2) is 0 Å². The summed E-state index contributed by atoms with van der Waals surface area (Å²) in [5.41, 5.74) is 0.140. The molecule has 1 aromatic heterocycles. The van der Waals surface area contributed by atoms with Gasteiger partial charge in [-0.05, 0) is 18.2 Å². The zero-order chi connectivity index (χ0) is 16.8. The molecular formula is C14H11Cl2N3O4. The zero-order valence-electron chi connectivity index (χ0n) is 11.6. The van der Waals surface area contributed by atoms with Crippen molar-refractivity contribution in [1.29, 1.82) is 0 Å². The van der Waals surface area contributed by atoms with E-state index in [0.717, 1.165) is 0 Å². The van der Waals surface area contributed by atoms with Crippen LogP contribution in [-0.4, -0.2) is 33.2 Å². The van der Waals surface area contributed by atoms with E-state index < -0.39 is 18.2 Å². The van der Waals surface area contributed by atoms with Crippen molar-refractivity contribution in [2.24, 2.45) is 0 Å². The number of nitrogens with one attached hydrogen (secondary N) is 1. The number of hydrogen-bond donors (Lipinski definition) is 2. The van der Waals surface area contributed by atoms with Gasteiger partial charge in [0.2, 0.25) is 6.10 Å². The van der Waals surface area contributed by atoms with Crippen molar-refractivity contribution in [1.82, 2.24) is 9.97 Å². The summed E-state index contributed by atoms with van der Waals surface area (Å²) in [6, 6.07) is 6.24. The molecule has 0 bridgehead atoms. The number of anilines is 1. The van der Waals surface area contributed by atoms with Gasteiger partial charge in [-0.1, -0.05) is 29.3 Å². The standard InChI is InChI=1S/C14H11Cl2N3O4/c15-8-3-1-4-9(16)12(8)19-14(22)23-10(13(20)21)7-11-17-5-2-6-18-11/h1-6,10H,7H2,(H,19,22)(H,20,21). The van der Waals surface area contributed by atoms with Gasteiger partial charge in [-0.3, -0.25) is 5.32 Å². The lowest BCUT2D eigenvalue weighted by Gasteiger charge is -2.14. The number of para-hydroxylation sites is 1. The van der Waals surface area contributed by atoms with Gasteiger partial charge in [0.1, 0.15) is 5.82 Å². The van der Waals surface area contributed by atoms with Crippen LogP contribution >= 0.6 is 23.2 Å². The fraction of sp³-hybridized carbons (Fsp3) is 0.143. The van der Waals surface area contributed by atoms with Gasteiger partial charge in [0.05, 0.1) is 22.2 Å². The Kier molecular flexibility index (Phi) is 5.72. The van der Waals surface area contributed by atoms with E-state index in [-0.39, 0.29) is 28.0 Å². The molecule has 23 heavy (non-hydrogen) atoms. The van der Waals surface area contributed by atoms with E-state index in [2.05, 4.69) is 15.3 Å². The molecular weight excluding hydrogens is 345 g/mol. The number of rotatable bonds is 5. The maximum absolute atomic E-state index is 11.9. The Labute approximate surface area is 141 Å². The first kappa shape index (κ1) is 17.0. The molecule has 1 atom stereocenters. The van der Waals surface area contributed by atoms with Gasteiger partial charge in [-0.2, -0.15) is 0 Å². The molecule has 120 valence electrons. The van der Waals surface area contributed by atoms with Crippen molar-refractivity contribution in [3.05, 3.63) is 52.5 Å². The topological polar surface area (TPSA) is 101 Å². The Hall–Kier alpha value is -2.38. The van der Waals surface area contributed by atoms with Crippen molar-refractivity contribution in [2.75, 3.05) is 5.32 Å². The van der Waals surface area contributed by atoms with Crippen molar-refractivity contribution in [3.8, 4) is 0 Å². The molecule has 0 fully saturated rings. The van der Waals surface area contributed by atoms with Crippen LogP contribution in [0.25, 0.3) is 0 Å². The lowest BCUT2D eigenvalue weighted by Crippen LogP contribution is -2.32. The molecule has 0 spiro atoms. The number of benzene rings is 1. The molecule has 0 aliphatic rings. The molecule has 2 aromatic rings. The van der Waals surface area contributed by atoms with E-state index in [0.29, 0.717) is 0 Å². The number of hydrogen-bond acceptors (Lipinski definition) is 5. The van der Waals surface area contributed by atoms with Gasteiger partial charge in [0.25, 0.3) is 0 Å². The summed E-state index contributed by atoms with van der Waals surface area (Å²) in [7, 11) is 0. The number of nitrogens with zero attached hydrogens (tertiary/aromatic N) is 2. The van der Waals surface area contributed by atoms with Crippen LogP contribution in [0.4, 0.5) is 10.5 Å². The smallest absolute Gasteiger partial charge is 0.412 e. The molecule has 0 saturated carbocycles. The first-order valence-electron chi connectivity index (χ1n) is 6.37. The molecule has 7 nitrogen and oxygen atoms in total. The highest BCUT2D eigenvalue weighted by atomic mass is 35.5. The molecule has 0 aliphatic carbocycles. The number of halogens is 2. The Morgan fingerprint density at radius 1 is 1.17 bits per heavy atom. The number of carbonyl (C=O) groups excluding carboxylic acids is 1. The highest BCUT2D eigenvalue weighted by Gasteiger charge is 2.24. The Bertz CT molecular complexity index is 692. The predicted molar refractivity (Wildman–Crippen MR) is 83.7 cm³/mol. The van der Waals surface area contributed by atoms with E-state index in [4.69, 9.17) is 33.0 Å². The molecule has 9 heteroatoms. The summed E-state index contributed by atoms with van der Waals surface area (Å²) in [6.45, 7) is 0. The number of aliphatic carboxylic acids is 1. The number of carbonyl (C=O) groups is 2. The Morgan fingerprint density at radius 3 is 2.35 bits per heavy atom. The molecule has 0 aliphatic heterocycles. The van der Waals surface area contributed by atoms with E-state index in [9.17, 15) is 9.59 Å². The van der Waals surface area contributed by atoms with E-state index in [1.165, 1.54) is 24.5 Å². The largest absolute Gasteiger partial charge is 0.478 e. The maximum Gasteiger partial charge on any atom is 0.412 e. The lowest BCUT2D eigenvalue weighted by molar-refractivity contribution is -0.146. The summed E-state index contributed by atoms with van der Waals surface area (Å²) in [5, 5.41) is 11.9. The number of amides is 1. The molecule has 1 heterocycles. The second-order valence-electron chi connectivity index (χ2n) is 4.32. The summed E-state index contributed by atoms with van der Waals surface area (Å²) >= 11 is 11.8. The third-order valence-electron chi connectivity index (χ3n) is 2.70. The minimum absolute atomic E-state index is 0.140. The van der Waals surface area contributed by atoms with Crippen LogP contribution in [0.1, 0.15) is 5.82 Å². The number of aromatic nitrogens is 2. The van der Waals surface area contributed by atoms with Gasteiger partial charge in [0, 0.05) is 12.4 Å². The fourth-order valence-electron chi connectivity index (χ4n) is 1.66. The van der Waals surface area contributed by atoms with Gasteiger partial charge < -0.3 is 9.84 Å². The van der Waals surface area contributed by atoms with Crippen LogP contribution in [-0.2, 0) is 16.0 Å². The van der Waals surface area contributed by atoms with E-state index >= 15 is 0 Å². The summed E-state index contributed by atoms with van der Waals surface area (Å²) in [5.74, 6) is -1.08.